The first-order valence-corrected chi connectivity index (χ1v) is 7.13. The molecule has 1 atom stereocenters. The Balaban J connectivity index is 3.20. The molecular formula is C15H25ClN2. The van der Waals surface area contributed by atoms with Gasteiger partial charge < -0.3 is 4.90 Å². The van der Waals surface area contributed by atoms with Crippen molar-refractivity contribution in [2.75, 3.05) is 11.9 Å². The summed E-state index contributed by atoms with van der Waals surface area (Å²) in [5.41, 5.74) is 2.29. The van der Waals surface area contributed by atoms with Crippen LogP contribution in [0.2, 0.25) is 0 Å². The zero-order chi connectivity index (χ0) is 13.9. The third-order valence-electron chi connectivity index (χ3n) is 3.41. The smallest absolute Gasteiger partial charge is 0.129 e. The van der Waals surface area contributed by atoms with Crippen molar-refractivity contribution in [3.05, 3.63) is 23.4 Å². The summed E-state index contributed by atoms with van der Waals surface area (Å²) in [6.45, 7) is 10.9. The minimum atomic E-state index is 0.0487. The van der Waals surface area contributed by atoms with Crippen molar-refractivity contribution in [3.8, 4) is 0 Å². The van der Waals surface area contributed by atoms with Crippen molar-refractivity contribution >= 4 is 17.4 Å². The van der Waals surface area contributed by atoms with Gasteiger partial charge in [-0.2, -0.15) is 0 Å². The van der Waals surface area contributed by atoms with Gasteiger partial charge in [-0.15, -0.1) is 11.6 Å². The highest BCUT2D eigenvalue weighted by Gasteiger charge is 2.19. The molecule has 18 heavy (non-hydrogen) atoms. The van der Waals surface area contributed by atoms with Crippen LogP contribution < -0.4 is 4.90 Å². The molecule has 102 valence electrons. The molecule has 0 aromatic carbocycles. The topological polar surface area (TPSA) is 16.1 Å². The molecule has 0 aliphatic rings. The third kappa shape index (κ3) is 3.61. The first-order chi connectivity index (χ1) is 8.29. The van der Waals surface area contributed by atoms with Crippen LogP contribution in [0.5, 0.6) is 0 Å². The summed E-state index contributed by atoms with van der Waals surface area (Å²) in [4.78, 5) is 7.02. The van der Waals surface area contributed by atoms with E-state index in [4.69, 9.17) is 16.6 Å². The molecule has 1 heterocycles. The monoisotopic (exact) mass is 268 g/mol. The lowest BCUT2D eigenvalue weighted by molar-refractivity contribution is 0.564. The van der Waals surface area contributed by atoms with E-state index in [9.17, 15) is 0 Å². The first kappa shape index (κ1) is 15.3. The Bertz CT molecular complexity index is 396. The highest BCUT2D eigenvalue weighted by Crippen LogP contribution is 2.26. The molecule has 0 fully saturated rings. The third-order valence-corrected chi connectivity index (χ3v) is 3.72. The maximum atomic E-state index is 5.99. The summed E-state index contributed by atoms with van der Waals surface area (Å²) in [7, 11) is 2.10. The maximum absolute atomic E-state index is 5.99. The number of hydrogen-bond acceptors (Lipinski definition) is 2. The molecule has 0 aliphatic carbocycles. The van der Waals surface area contributed by atoms with E-state index in [1.807, 2.05) is 0 Å². The van der Waals surface area contributed by atoms with E-state index in [-0.39, 0.29) is 5.41 Å². The Morgan fingerprint density at radius 3 is 2.39 bits per heavy atom. The molecule has 0 radical (unpaired) electrons. The van der Waals surface area contributed by atoms with E-state index in [2.05, 4.69) is 58.7 Å². The predicted octanol–water partition coefficient (Wildman–Crippen LogP) is 4.35. The lowest BCUT2D eigenvalue weighted by atomic mass is 9.91. The number of nitrogens with zero attached hydrogens (tertiary/aromatic N) is 2. The molecule has 3 heteroatoms. The summed E-state index contributed by atoms with van der Waals surface area (Å²) in [5, 5.41) is 0. The van der Waals surface area contributed by atoms with Crippen molar-refractivity contribution < 1.29 is 0 Å². The van der Waals surface area contributed by atoms with Gasteiger partial charge in [0.25, 0.3) is 0 Å². The second-order valence-electron chi connectivity index (χ2n) is 5.97. The average Bonchev–Trinajstić information content (AvgIpc) is 2.35. The van der Waals surface area contributed by atoms with Gasteiger partial charge in [0.2, 0.25) is 0 Å². The summed E-state index contributed by atoms with van der Waals surface area (Å²) in [6, 6.07) is 4.69. The zero-order valence-electron chi connectivity index (χ0n) is 12.4. The second-order valence-corrected chi connectivity index (χ2v) is 6.24. The summed E-state index contributed by atoms with van der Waals surface area (Å²) in [5.74, 6) is 1.56. The molecule has 0 aliphatic heterocycles. The molecule has 0 saturated carbocycles. The van der Waals surface area contributed by atoms with Crippen molar-refractivity contribution in [2.45, 2.75) is 58.4 Å². The van der Waals surface area contributed by atoms with Gasteiger partial charge >= 0.3 is 0 Å². The fourth-order valence-electron chi connectivity index (χ4n) is 1.71. The SMILES string of the molecule is CCC(C)N(C)c1cc(CCl)cc(C(C)(C)C)n1. The first-order valence-electron chi connectivity index (χ1n) is 6.59. The van der Waals surface area contributed by atoms with Crippen LogP contribution >= 0.6 is 11.6 Å². The Kier molecular flexibility index (Phi) is 5.03. The molecular weight excluding hydrogens is 244 g/mol. The number of anilines is 1. The Morgan fingerprint density at radius 1 is 1.33 bits per heavy atom. The quantitative estimate of drug-likeness (QED) is 0.755. The largest absolute Gasteiger partial charge is 0.357 e. The van der Waals surface area contributed by atoms with Gasteiger partial charge in [0.1, 0.15) is 5.82 Å². The van der Waals surface area contributed by atoms with Crippen LogP contribution in [0.4, 0.5) is 5.82 Å². The number of rotatable bonds is 4. The summed E-state index contributed by atoms with van der Waals surface area (Å²) >= 11 is 5.99. The van der Waals surface area contributed by atoms with Gasteiger partial charge in [-0.3, -0.25) is 0 Å². The average molecular weight is 269 g/mol. The number of hydrogen-bond donors (Lipinski definition) is 0. The number of pyridine rings is 1. The highest BCUT2D eigenvalue weighted by molar-refractivity contribution is 6.17. The van der Waals surface area contributed by atoms with Gasteiger partial charge in [0.05, 0.1) is 0 Å². The number of aromatic nitrogens is 1. The molecule has 0 N–H and O–H groups in total. The van der Waals surface area contributed by atoms with Crippen LogP contribution in [-0.4, -0.2) is 18.1 Å². The van der Waals surface area contributed by atoms with E-state index < -0.39 is 0 Å². The van der Waals surface area contributed by atoms with Crippen molar-refractivity contribution in [1.82, 2.24) is 4.98 Å². The van der Waals surface area contributed by atoms with Crippen molar-refractivity contribution in [1.29, 1.82) is 0 Å². The Labute approximate surface area is 116 Å². The maximum Gasteiger partial charge on any atom is 0.129 e. The molecule has 1 aromatic rings. The van der Waals surface area contributed by atoms with Gasteiger partial charge in [0.15, 0.2) is 0 Å². The lowest BCUT2D eigenvalue weighted by Crippen LogP contribution is -2.29. The van der Waals surface area contributed by atoms with Crippen LogP contribution in [-0.2, 0) is 11.3 Å². The van der Waals surface area contributed by atoms with E-state index in [1.165, 1.54) is 0 Å². The van der Waals surface area contributed by atoms with Crippen LogP contribution in [0.1, 0.15) is 52.3 Å². The second kappa shape index (κ2) is 5.92. The van der Waals surface area contributed by atoms with E-state index in [0.717, 1.165) is 23.5 Å². The van der Waals surface area contributed by atoms with Crippen LogP contribution in [0.25, 0.3) is 0 Å². The van der Waals surface area contributed by atoms with Crippen molar-refractivity contribution in [3.63, 3.8) is 0 Å². The van der Waals surface area contributed by atoms with Gasteiger partial charge in [-0.1, -0.05) is 27.7 Å². The van der Waals surface area contributed by atoms with Gasteiger partial charge in [-0.25, -0.2) is 4.98 Å². The molecule has 0 spiro atoms. The van der Waals surface area contributed by atoms with Crippen molar-refractivity contribution in [2.24, 2.45) is 0 Å². The fourth-order valence-corrected chi connectivity index (χ4v) is 1.87. The van der Waals surface area contributed by atoms with Crippen LogP contribution in [0.15, 0.2) is 12.1 Å². The molecule has 1 aromatic heterocycles. The molecule has 1 unspecified atom stereocenters. The van der Waals surface area contributed by atoms with Gasteiger partial charge in [-0.05, 0) is 31.0 Å². The predicted molar refractivity (Wildman–Crippen MR) is 80.7 cm³/mol. The highest BCUT2D eigenvalue weighted by atomic mass is 35.5. The van der Waals surface area contributed by atoms with E-state index in [0.29, 0.717) is 11.9 Å². The molecule has 2 nitrogen and oxygen atoms in total. The summed E-state index contributed by atoms with van der Waals surface area (Å²) < 4.78 is 0. The number of halogens is 1. The van der Waals surface area contributed by atoms with Gasteiger partial charge in [0, 0.05) is 30.1 Å². The fraction of sp³-hybridized carbons (Fsp3) is 0.667. The minimum absolute atomic E-state index is 0.0487. The standard InChI is InChI=1S/C15H25ClN2/c1-7-11(2)18(6)14-9-12(10-16)8-13(17-14)15(3,4)5/h8-9,11H,7,10H2,1-6H3. The molecule has 0 bridgehead atoms. The minimum Gasteiger partial charge on any atom is -0.357 e. The Morgan fingerprint density at radius 2 is 1.94 bits per heavy atom. The normalized spacial score (nSPS) is 13.5. The van der Waals surface area contributed by atoms with E-state index >= 15 is 0 Å². The molecule has 1 rings (SSSR count). The van der Waals surface area contributed by atoms with E-state index in [1.54, 1.807) is 0 Å². The zero-order valence-corrected chi connectivity index (χ0v) is 13.2. The molecule has 0 saturated heterocycles. The van der Waals surface area contributed by atoms with Crippen LogP contribution in [0, 0.1) is 0 Å². The summed E-state index contributed by atoms with van der Waals surface area (Å²) in [6.07, 6.45) is 1.11. The Hall–Kier alpha value is -0.760. The number of alkyl halides is 1. The lowest BCUT2D eigenvalue weighted by Gasteiger charge is -2.28. The molecule has 0 amide bonds. The van der Waals surface area contributed by atoms with Crippen LogP contribution in [0.3, 0.4) is 0 Å².